The first-order chi connectivity index (χ1) is 25.3. The third-order valence-corrected chi connectivity index (χ3v) is 13.8. The van der Waals surface area contributed by atoms with Gasteiger partial charge in [0.2, 0.25) is 0 Å². The van der Waals surface area contributed by atoms with Crippen molar-refractivity contribution >= 4 is 17.1 Å². The van der Waals surface area contributed by atoms with Crippen molar-refractivity contribution in [2.24, 2.45) is 11.8 Å². The quantitative estimate of drug-likeness (QED) is 0.178. The summed E-state index contributed by atoms with van der Waals surface area (Å²) in [5, 5.41) is 0. The fourth-order valence-electron chi connectivity index (χ4n) is 11.5. The second-order valence-corrected chi connectivity index (χ2v) is 16.3. The molecule has 2 bridgehead atoms. The molecule has 0 N–H and O–H groups in total. The van der Waals surface area contributed by atoms with Gasteiger partial charge in [0, 0.05) is 17.1 Å². The summed E-state index contributed by atoms with van der Waals surface area (Å²) in [6.07, 6.45) is 12.4. The maximum atomic E-state index is 2.53. The van der Waals surface area contributed by atoms with Gasteiger partial charge in [-0.25, -0.2) is 0 Å². The first-order valence-corrected chi connectivity index (χ1v) is 19.7. The molecule has 3 fully saturated rings. The van der Waals surface area contributed by atoms with Crippen LogP contribution in [0.2, 0.25) is 0 Å². The highest BCUT2D eigenvalue weighted by Crippen LogP contribution is 2.63. The lowest BCUT2D eigenvalue weighted by molar-refractivity contribution is 0.420. The zero-order valence-electron chi connectivity index (χ0n) is 29.4. The van der Waals surface area contributed by atoms with E-state index in [1.54, 1.807) is 5.56 Å². The SMILES string of the molecule is c1ccc2c(c1)-c1ccccc1C21c2ccccc2-c2ccc(N(c3ccc(C4CCCCC4)cc3)c3ccc(C4CC5CCC4C5)cc3)cc21. The van der Waals surface area contributed by atoms with E-state index in [0.717, 1.165) is 17.8 Å². The minimum atomic E-state index is -0.350. The number of hydrogen-bond donors (Lipinski definition) is 0. The van der Waals surface area contributed by atoms with Crippen LogP contribution in [-0.2, 0) is 5.41 Å². The molecule has 0 aliphatic heterocycles. The highest BCUT2D eigenvalue weighted by atomic mass is 15.1. The largest absolute Gasteiger partial charge is 0.310 e. The lowest BCUT2D eigenvalue weighted by atomic mass is 9.70. The fraction of sp³-hybridized carbons (Fsp3) is 0.280. The van der Waals surface area contributed by atoms with Gasteiger partial charge in [-0.2, -0.15) is 0 Å². The van der Waals surface area contributed by atoms with Gasteiger partial charge in [0.25, 0.3) is 0 Å². The molecule has 5 aliphatic rings. The Balaban J connectivity index is 1.08. The van der Waals surface area contributed by atoms with Gasteiger partial charge < -0.3 is 4.90 Å². The first kappa shape index (κ1) is 29.8. The third kappa shape index (κ3) is 4.40. The van der Waals surface area contributed by atoms with Crippen LogP contribution in [0, 0.1) is 11.8 Å². The van der Waals surface area contributed by atoms with Crippen LogP contribution in [0.4, 0.5) is 17.1 Å². The van der Waals surface area contributed by atoms with Crippen molar-refractivity contribution in [2.45, 2.75) is 75.0 Å². The Labute approximate surface area is 303 Å². The van der Waals surface area contributed by atoms with E-state index in [1.165, 1.54) is 125 Å². The Morgan fingerprint density at radius 1 is 0.431 bits per heavy atom. The summed E-state index contributed by atoms with van der Waals surface area (Å²) in [5.41, 5.74) is 17.4. The van der Waals surface area contributed by atoms with Crippen LogP contribution in [-0.4, -0.2) is 0 Å². The van der Waals surface area contributed by atoms with Crippen molar-refractivity contribution in [1.29, 1.82) is 0 Å². The molecule has 250 valence electrons. The van der Waals surface area contributed by atoms with E-state index in [4.69, 9.17) is 0 Å². The van der Waals surface area contributed by atoms with Crippen LogP contribution < -0.4 is 4.90 Å². The summed E-state index contributed by atoms with van der Waals surface area (Å²) >= 11 is 0. The molecule has 3 atom stereocenters. The van der Waals surface area contributed by atoms with Crippen LogP contribution in [0.15, 0.2) is 140 Å². The lowest BCUT2D eigenvalue weighted by Gasteiger charge is -2.32. The highest BCUT2D eigenvalue weighted by molar-refractivity contribution is 5.96. The molecule has 0 saturated heterocycles. The van der Waals surface area contributed by atoms with E-state index in [9.17, 15) is 0 Å². The maximum absolute atomic E-state index is 2.53. The number of hydrogen-bond acceptors (Lipinski definition) is 1. The molecule has 1 spiro atoms. The average Bonchev–Trinajstić information content (AvgIpc) is 3.98. The van der Waals surface area contributed by atoms with Gasteiger partial charge in [0.1, 0.15) is 0 Å². The van der Waals surface area contributed by atoms with Gasteiger partial charge >= 0.3 is 0 Å². The number of rotatable bonds is 5. The van der Waals surface area contributed by atoms with Gasteiger partial charge in [0.05, 0.1) is 5.41 Å². The van der Waals surface area contributed by atoms with Crippen LogP contribution in [0.1, 0.15) is 103 Å². The molecular weight excluding hydrogens is 615 g/mol. The molecule has 11 rings (SSSR count). The fourth-order valence-corrected chi connectivity index (χ4v) is 11.5. The molecule has 6 aromatic rings. The predicted molar refractivity (Wildman–Crippen MR) is 211 cm³/mol. The smallest absolute Gasteiger partial charge is 0.0726 e. The summed E-state index contributed by atoms with van der Waals surface area (Å²) in [6, 6.07) is 54.1. The molecular formula is C50H45N. The molecule has 0 radical (unpaired) electrons. The van der Waals surface area contributed by atoms with Gasteiger partial charge in [-0.15, -0.1) is 0 Å². The van der Waals surface area contributed by atoms with Crippen molar-refractivity contribution < 1.29 is 0 Å². The first-order valence-electron chi connectivity index (χ1n) is 19.7. The summed E-state index contributed by atoms with van der Waals surface area (Å²) in [4.78, 5) is 2.53. The van der Waals surface area contributed by atoms with Crippen molar-refractivity contribution in [2.75, 3.05) is 4.90 Å². The zero-order valence-corrected chi connectivity index (χ0v) is 29.4. The summed E-state index contributed by atoms with van der Waals surface area (Å²) in [6.45, 7) is 0. The maximum Gasteiger partial charge on any atom is 0.0726 e. The standard InChI is InChI=1S/C50H45N/c1-2-10-34(11-3-1)35-20-24-38(25-21-35)51(39-26-22-36(23-27-39)45-31-33-18-19-37(45)30-33)40-28-29-44-43-14-6-9-17-48(43)50(49(44)32-40)46-15-7-4-12-41(46)42-13-5-8-16-47(42)50/h4-9,12-17,20-29,32-34,37,45H,1-3,10-11,18-19,30-31H2. The second-order valence-electron chi connectivity index (χ2n) is 16.3. The Morgan fingerprint density at radius 3 is 1.51 bits per heavy atom. The highest BCUT2D eigenvalue weighted by Gasteiger charge is 2.51. The van der Waals surface area contributed by atoms with E-state index in [0.29, 0.717) is 5.92 Å². The molecule has 0 heterocycles. The topological polar surface area (TPSA) is 3.24 Å². The van der Waals surface area contributed by atoms with Crippen LogP contribution in [0.25, 0.3) is 22.3 Å². The number of nitrogens with zero attached hydrogens (tertiary/aromatic N) is 1. The Bertz CT molecular complexity index is 2210. The predicted octanol–water partition coefficient (Wildman–Crippen LogP) is 13.5. The third-order valence-electron chi connectivity index (χ3n) is 13.8. The normalized spacial score (nSPS) is 22.1. The zero-order chi connectivity index (χ0) is 33.5. The molecule has 51 heavy (non-hydrogen) atoms. The van der Waals surface area contributed by atoms with Crippen LogP contribution in [0.3, 0.4) is 0 Å². The molecule has 3 saturated carbocycles. The molecule has 6 aromatic carbocycles. The monoisotopic (exact) mass is 659 g/mol. The molecule has 0 aromatic heterocycles. The Hall–Kier alpha value is -4.88. The molecule has 3 unspecified atom stereocenters. The minimum Gasteiger partial charge on any atom is -0.310 e. The Morgan fingerprint density at radius 2 is 0.961 bits per heavy atom. The lowest BCUT2D eigenvalue weighted by Crippen LogP contribution is -2.26. The molecule has 0 amide bonds. The van der Waals surface area contributed by atoms with Crippen molar-refractivity contribution in [1.82, 2.24) is 0 Å². The molecule has 1 heteroatoms. The van der Waals surface area contributed by atoms with Gasteiger partial charge in [-0.05, 0) is 148 Å². The molecule has 5 aliphatic carbocycles. The number of benzene rings is 6. The van der Waals surface area contributed by atoms with Crippen molar-refractivity contribution in [3.63, 3.8) is 0 Å². The van der Waals surface area contributed by atoms with Crippen LogP contribution in [0.5, 0.6) is 0 Å². The van der Waals surface area contributed by atoms with Gasteiger partial charge in [0.15, 0.2) is 0 Å². The summed E-state index contributed by atoms with van der Waals surface area (Å²) < 4.78 is 0. The van der Waals surface area contributed by atoms with Crippen molar-refractivity contribution in [3.05, 3.63) is 173 Å². The van der Waals surface area contributed by atoms with E-state index >= 15 is 0 Å². The molecule has 1 nitrogen and oxygen atoms in total. The van der Waals surface area contributed by atoms with Crippen molar-refractivity contribution in [3.8, 4) is 22.3 Å². The number of anilines is 3. The van der Waals surface area contributed by atoms with E-state index in [-0.39, 0.29) is 5.41 Å². The minimum absolute atomic E-state index is 0.350. The summed E-state index contributed by atoms with van der Waals surface area (Å²) in [7, 11) is 0. The number of fused-ring (bicyclic) bond motifs is 12. The summed E-state index contributed by atoms with van der Waals surface area (Å²) in [5.74, 6) is 3.27. The second kappa shape index (κ2) is 11.6. The Kier molecular flexibility index (Phi) is 6.76. The van der Waals surface area contributed by atoms with Crippen LogP contribution >= 0.6 is 0 Å². The van der Waals surface area contributed by atoms with Gasteiger partial charge in [-0.3, -0.25) is 0 Å². The van der Waals surface area contributed by atoms with E-state index in [1.807, 2.05) is 0 Å². The van der Waals surface area contributed by atoms with E-state index in [2.05, 4.69) is 144 Å². The van der Waals surface area contributed by atoms with Gasteiger partial charge in [-0.1, -0.05) is 129 Å². The van der Waals surface area contributed by atoms with E-state index < -0.39 is 0 Å². The average molecular weight is 660 g/mol.